The Bertz CT molecular complexity index is 680. The lowest BCUT2D eigenvalue weighted by Gasteiger charge is -2.25. The van der Waals surface area contributed by atoms with Gasteiger partial charge in [0.1, 0.15) is 16.3 Å². The highest BCUT2D eigenvalue weighted by molar-refractivity contribution is 9.10. The van der Waals surface area contributed by atoms with Gasteiger partial charge in [-0.15, -0.1) is 0 Å². The van der Waals surface area contributed by atoms with Crippen molar-refractivity contribution in [1.82, 2.24) is 4.90 Å². The summed E-state index contributed by atoms with van der Waals surface area (Å²) >= 11 is 2.73. The van der Waals surface area contributed by atoms with Gasteiger partial charge in [0.15, 0.2) is 5.82 Å². The Morgan fingerprint density at radius 3 is 2.33 bits per heavy atom. The second-order valence-corrected chi connectivity index (χ2v) is 7.84. The smallest absolute Gasteiger partial charge is 0.265 e. The van der Waals surface area contributed by atoms with Crippen LogP contribution in [0.1, 0.15) is 31.1 Å². The number of hydrogen-bond acceptors (Lipinski definition) is 3. The van der Waals surface area contributed by atoms with Crippen molar-refractivity contribution in [3.05, 3.63) is 27.7 Å². The molecule has 0 radical (unpaired) electrons. The molecule has 0 unspecified atom stereocenters. The molecule has 1 aromatic rings. The molecule has 0 aliphatic heterocycles. The van der Waals surface area contributed by atoms with Gasteiger partial charge in [0, 0.05) is 27.7 Å². The van der Waals surface area contributed by atoms with E-state index < -0.39 is 37.1 Å². The maximum Gasteiger partial charge on any atom is 0.265 e. The lowest BCUT2D eigenvalue weighted by Crippen LogP contribution is -2.37. The third-order valence-electron chi connectivity index (χ3n) is 2.81. The summed E-state index contributed by atoms with van der Waals surface area (Å²) in [5.74, 6) is -3.59. The molecule has 118 valence electrons. The number of rotatable bonds is 4. The van der Waals surface area contributed by atoms with Gasteiger partial charge in [-0.3, -0.25) is 4.79 Å². The number of carbonyl (C=O) groups excluding carboxylic acids is 1. The largest absolute Gasteiger partial charge is 0.336 e. The molecule has 0 bridgehead atoms. The molecular formula is C12H13BrClF2NO3S. The second-order valence-electron chi connectivity index (χ2n) is 4.48. The molecule has 0 aliphatic carbocycles. The van der Waals surface area contributed by atoms with Gasteiger partial charge in [-0.05, 0) is 42.8 Å². The SMILES string of the molecule is CCN(C(=O)c1c(F)cc(Br)c(S(=O)(=O)Cl)c1F)C(C)C. The first-order valence-electron chi connectivity index (χ1n) is 5.95. The van der Waals surface area contributed by atoms with E-state index in [4.69, 9.17) is 10.7 Å². The fraction of sp³-hybridized carbons (Fsp3) is 0.417. The Morgan fingerprint density at radius 1 is 1.43 bits per heavy atom. The third-order valence-corrected chi connectivity index (χ3v) is 5.05. The first-order valence-corrected chi connectivity index (χ1v) is 9.05. The molecule has 0 fully saturated rings. The van der Waals surface area contributed by atoms with Crippen molar-refractivity contribution in [1.29, 1.82) is 0 Å². The van der Waals surface area contributed by atoms with Crippen LogP contribution in [-0.2, 0) is 9.05 Å². The van der Waals surface area contributed by atoms with Crippen molar-refractivity contribution >= 4 is 41.6 Å². The Balaban J connectivity index is 3.62. The Hall–Kier alpha value is -0.730. The van der Waals surface area contributed by atoms with Crippen LogP contribution in [0.25, 0.3) is 0 Å². The van der Waals surface area contributed by atoms with Crippen molar-refractivity contribution in [3.8, 4) is 0 Å². The monoisotopic (exact) mass is 403 g/mol. The summed E-state index contributed by atoms with van der Waals surface area (Å²) in [6.45, 7) is 5.21. The van der Waals surface area contributed by atoms with Gasteiger partial charge in [-0.25, -0.2) is 17.2 Å². The van der Waals surface area contributed by atoms with E-state index in [0.717, 1.165) is 0 Å². The van der Waals surface area contributed by atoms with Crippen LogP contribution in [0.5, 0.6) is 0 Å². The molecule has 0 aliphatic rings. The minimum Gasteiger partial charge on any atom is -0.336 e. The van der Waals surface area contributed by atoms with E-state index in [1.807, 2.05) is 0 Å². The topological polar surface area (TPSA) is 54.5 Å². The highest BCUT2D eigenvalue weighted by atomic mass is 79.9. The van der Waals surface area contributed by atoms with Crippen LogP contribution in [0.3, 0.4) is 0 Å². The maximum absolute atomic E-state index is 14.3. The first-order chi connectivity index (χ1) is 9.52. The fourth-order valence-corrected chi connectivity index (χ4v) is 4.23. The van der Waals surface area contributed by atoms with E-state index in [9.17, 15) is 22.0 Å². The van der Waals surface area contributed by atoms with Gasteiger partial charge in [-0.2, -0.15) is 0 Å². The summed E-state index contributed by atoms with van der Waals surface area (Å²) in [7, 11) is 0.652. The molecule has 4 nitrogen and oxygen atoms in total. The predicted octanol–water partition coefficient (Wildman–Crippen LogP) is 3.53. The molecule has 0 atom stereocenters. The minimum atomic E-state index is -4.48. The van der Waals surface area contributed by atoms with Crippen LogP contribution in [0.15, 0.2) is 15.4 Å². The van der Waals surface area contributed by atoms with Gasteiger partial charge in [0.2, 0.25) is 0 Å². The molecule has 0 saturated carbocycles. The molecule has 0 spiro atoms. The van der Waals surface area contributed by atoms with E-state index >= 15 is 0 Å². The van der Waals surface area contributed by atoms with Gasteiger partial charge in [0.25, 0.3) is 15.0 Å². The summed E-state index contributed by atoms with van der Waals surface area (Å²) in [6, 6.07) is 0.403. The normalized spacial score (nSPS) is 11.8. The molecule has 1 rings (SSSR count). The van der Waals surface area contributed by atoms with Crippen LogP contribution >= 0.6 is 26.6 Å². The maximum atomic E-state index is 14.3. The first kappa shape index (κ1) is 18.3. The number of halogens is 4. The second kappa shape index (κ2) is 6.58. The van der Waals surface area contributed by atoms with E-state index in [0.29, 0.717) is 6.07 Å². The van der Waals surface area contributed by atoms with Crippen molar-refractivity contribution in [2.45, 2.75) is 31.7 Å². The molecule has 9 heteroatoms. The van der Waals surface area contributed by atoms with Gasteiger partial charge < -0.3 is 4.90 Å². The molecule has 0 saturated heterocycles. The number of amides is 1. The van der Waals surface area contributed by atoms with Crippen molar-refractivity contribution < 1.29 is 22.0 Å². The molecule has 0 aromatic heterocycles. The summed E-state index contributed by atoms with van der Waals surface area (Å²) in [5, 5.41) is 0. The van der Waals surface area contributed by atoms with Gasteiger partial charge in [-0.1, -0.05) is 0 Å². The van der Waals surface area contributed by atoms with Crippen LogP contribution in [0.2, 0.25) is 0 Å². The van der Waals surface area contributed by atoms with Crippen molar-refractivity contribution in [2.24, 2.45) is 0 Å². The number of nitrogens with zero attached hydrogens (tertiary/aromatic N) is 1. The highest BCUT2D eigenvalue weighted by Gasteiger charge is 2.31. The summed E-state index contributed by atoms with van der Waals surface area (Å²) in [6.07, 6.45) is 0. The summed E-state index contributed by atoms with van der Waals surface area (Å²) < 4.78 is 50.6. The van der Waals surface area contributed by atoms with Crippen LogP contribution in [0.4, 0.5) is 8.78 Å². The van der Waals surface area contributed by atoms with Crippen LogP contribution < -0.4 is 0 Å². The Kier molecular flexibility index (Phi) is 5.74. The van der Waals surface area contributed by atoms with E-state index in [1.165, 1.54) is 4.90 Å². The average Bonchev–Trinajstić information content (AvgIpc) is 2.25. The minimum absolute atomic E-state index is 0.217. The third kappa shape index (κ3) is 3.73. The molecule has 21 heavy (non-hydrogen) atoms. The molecule has 0 N–H and O–H groups in total. The Labute approximate surface area is 134 Å². The fourth-order valence-electron chi connectivity index (χ4n) is 1.88. The Morgan fingerprint density at radius 2 is 1.95 bits per heavy atom. The molecule has 1 amide bonds. The molecule has 0 heterocycles. The van der Waals surface area contributed by atoms with E-state index in [2.05, 4.69) is 15.9 Å². The lowest BCUT2D eigenvalue weighted by atomic mass is 10.1. The van der Waals surface area contributed by atoms with Crippen LogP contribution in [-0.4, -0.2) is 31.8 Å². The summed E-state index contributed by atoms with van der Waals surface area (Å²) in [4.78, 5) is 12.5. The van der Waals surface area contributed by atoms with Crippen molar-refractivity contribution in [3.63, 3.8) is 0 Å². The zero-order valence-electron chi connectivity index (χ0n) is 11.5. The highest BCUT2D eigenvalue weighted by Crippen LogP contribution is 2.32. The standard InChI is InChI=1S/C12H13BrClF2NO3S/c1-4-17(6(2)3)12(18)9-8(15)5-7(13)11(10(9)16)21(14,19)20/h5-6H,4H2,1-3H3. The predicted molar refractivity (Wildman–Crippen MR) is 78.9 cm³/mol. The van der Waals surface area contributed by atoms with Gasteiger partial charge in [0.05, 0.1) is 0 Å². The van der Waals surface area contributed by atoms with Crippen LogP contribution in [0, 0.1) is 11.6 Å². The average molecular weight is 405 g/mol. The zero-order chi connectivity index (χ0) is 16.5. The summed E-state index contributed by atoms with van der Waals surface area (Å²) in [5.41, 5.74) is -0.937. The van der Waals surface area contributed by atoms with Crippen molar-refractivity contribution in [2.75, 3.05) is 6.54 Å². The lowest BCUT2D eigenvalue weighted by molar-refractivity contribution is 0.0706. The number of carbonyl (C=O) groups is 1. The van der Waals surface area contributed by atoms with Gasteiger partial charge >= 0.3 is 0 Å². The van der Waals surface area contributed by atoms with E-state index in [-0.39, 0.29) is 17.1 Å². The number of hydrogen-bond donors (Lipinski definition) is 0. The quantitative estimate of drug-likeness (QED) is 0.722. The number of benzene rings is 1. The van der Waals surface area contributed by atoms with E-state index in [1.54, 1.807) is 20.8 Å². The molecular weight excluding hydrogens is 392 g/mol. The zero-order valence-corrected chi connectivity index (χ0v) is 14.6. The molecule has 1 aromatic carbocycles.